The van der Waals surface area contributed by atoms with Gasteiger partial charge < -0.3 is 19.4 Å². The summed E-state index contributed by atoms with van der Waals surface area (Å²) in [5.41, 5.74) is 5.16. The van der Waals surface area contributed by atoms with E-state index in [0.717, 1.165) is 27.3 Å². The molecule has 0 saturated carbocycles. The third-order valence-electron chi connectivity index (χ3n) is 4.62. The van der Waals surface area contributed by atoms with Crippen molar-refractivity contribution in [3.8, 4) is 11.5 Å². The average molecular weight is 400 g/mol. The number of aromatic amines is 1. The number of aryl methyl sites for hydroxylation is 2. The Kier molecular flexibility index (Phi) is 6.14. The Hall–Kier alpha value is -2.67. The fraction of sp³-hybridized carbons (Fsp3) is 0.333. The molecule has 0 aliphatic carbocycles. The molecule has 148 valence electrons. The summed E-state index contributed by atoms with van der Waals surface area (Å²) in [4.78, 5) is 22.1. The van der Waals surface area contributed by atoms with Crippen LogP contribution in [0.25, 0.3) is 11.0 Å². The molecule has 0 unspecified atom stereocenters. The second kappa shape index (κ2) is 8.56. The number of ether oxygens (including phenoxy) is 2. The van der Waals surface area contributed by atoms with Crippen molar-refractivity contribution < 1.29 is 14.3 Å². The topological polar surface area (TPSA) is 67.5 Å². The number of carbonyl (C=O) groups is 1. The Balaban J connectivity index is 1.64. The predicted octanol–water partition coefficient (Wildman–Crippen LogP) is 3.95. The number of aromatic nitrogens is 2. The minimum Gasteiger partial charge on any atom is -0.493 e. The molecule has 1 aromatic heterocycles. The van der Waals surface area contributed by atoms with Crippen molar-refractivity contribution in [3.63, 3.8) is 0 Å². The Morgan fingerprint density at radius 1 is 1.14 bits per heavy atom. The van der Waals surface area contributed by atoms with Crippen LogP contribution in [0.15, 0.2) is 35.5 Å². The van der Waals surface area contributed by atoms with Crippen molar-refractivity contribution in [3.05, 3.63) is 47.0 Å². The van der Waals surface area contributed by atoms with Crippen LogP contribution in [0.5, 0.6) is 11.5 Å². The van der Waals surface area contributed by atoms with Gasteiger partial charge in [-0.05, 0) is 54.8 Å². The van der Waals surface area contributed by atoms with Crippen LogP contribution in [-0.4, -0.2) is 47.8 Å². The van der Waals surface area contributed by atoms with Crippen LogP contribution in [0.4, 0.5) is 0 Å². The molecular formula is C21H25N3O3S. The number of nitrogens with zero attached hydrogens (tertiary/aromatic N) is 2. The van der Waals surface area contributed by atoms with Gasteiger partial charge in [0.2, 0.25) is 5.91 Å². The quantitative estimate of drug-likeness (QED) is 0.610. The van der Waals surface area contributed by atoms with Crippen LogP contribution >= 0.6 is 11.8 Å². The van der Waals surface area contributed by atoms with Crippen LogP contribution in [0, 0.1) is 13.8 Å². The molecule has 3 rings (SSSR count). The highest BCUT2D eigenvalue weighted by molar-refractivity contribution is 7.99. The summed E-state index contributed by atoms with van der Waals surface area (Å²) < 4.78 is 10.7. The maximum absolute atomic E-state index is 12.6. The number of H-pyrrole nitrogens is 1. The maximum Gasteiger partial charge on any atom is 0.233 e. The lowest BCUT2D eigenvalue weighted by molar-refractivity contribution is -0.127. The fourth-order valence-electron chi connectivity index (χ4n) is 2.95. The molecular weight excluding hydrogens is 374 g/mol. The summed E-state index contributed by atoms with van der Waals surface area (Å²) in [5, 5.41) is 0.754. The summed E-state index contributed by atoms with van der Waals surface area (Å²) in [6, 6.07) is 9.92. The Labute approximate surface area is 169 Å². The summed E-state index contributed by atoms with van der Waals surface area (Å²) in [7, 11) is 5.03. The molecule has 28 heavy (non-hydrogen) atoms. The molecule has 6 nitrogen and oxygen atoms in total. The molecule has 0 radical (unpaired) electrons. The number of benzene rings is 2. The number of thioether (sulfide) groups is 1. The second-order valence-corrected chi connectivity index (χ2v) is 7.70. The molecule has 0 aliphatic heterocycles. The Morgan fingerprint density at radius 3 is 2.57 bits per heavy atom. The van der Waals surface area contributed by atoms with Gasteiger partial charge in [0.15, 0.2) is 16.7 Å². The van der Waals surface area contributed by atoms with Crippen molar-refractivity contribution in [1.29, 1.82) is 0 Å². The van der Waals surface area contributed by atoms with E-state index in [1.54, 1.807) is 26.2 Å². The molecule has 1 amide bonds. The maximum atomic E-state index is 12.6. The zero-order valence-electron chi connectivity index (χ0n) is 16.8. The van der Waals surface area contributed by atoms with E-state index in [1.807, 2.05) is 38.1 Å². The van der Waals surface area contributed by atoms with E-state index in [9.17, 15) is 4.79 Å². The number of imidazole rings is 1. The first kappa shape index (κ1) is 20.1. The molecule has 7 heteroatoms. The Morgan fingerprint density at radius 2 is 1.86 bits per heavy atom. The van der Waals surface area contributed by atoms with Gasteiger partial charge in [-0.15, -0.1) is 0 Å². The lowest BCUT2D eigenvalue weighted by Crippen LogP contribution is -2.28. The number of amides is 1. The number of methoxy groups -OCH3 is 2. The van der Waals surface area contributed by atoms with E-state index < -0.39 is 0 Å². The number of hydrogen-bond acceptors (Lipinski definition) is 5. The monoisotopic (exact) mass is 399 g/mol. The third kappa shape index (κ3) is 4.42. The van der Waals surface area contributed by atoms with Crippen LogP contribution in [-0.2, 0) is 11.3 Å². The second-order valence-electron chi connectivity index (χ2n) is 6.73. The van der Waals surface area contributed by atoms with Crippen molar-refractivity contribution in [2.24, 2.45) is 0 Å². The molecule has 0 atom stereocenters. The minimum absolute atomic E-state index is 0.0378. The first-order valence-corrected chi connectivity index (χ1v) is 9.94. The molecule has 2 aromatic carbocycles. The number of carbonyl (C=O) groups excluding carboxylic acids is 1. The third-order valence-corrected chi connectivity index (χ3v) is 5.48. The summed E-state index contributed by atoms with van der Waals surface area (Å²) in [6.45, 7) is 4.55. The number of fused-ring (bicyclic) bond motifs is 1. The number of nitrogens with one attached hydrogen (secondary N) is 1. The molecule has 0 fully saturated rings. The van der Waals surface area contributed by atoms with E-state index in [-0.39, 0.29) is 5.91 Å². The van der Waals surface area contributed by atoms with Gasteiger partial charge in [0.1, 0.15) is 0 Å². The molecule has 3 aromatic rings. The highest BCUT2D eigenvalue weighted by Crippen LogP contribution is 2.31. The average Bonchev–Trinajstić information content (AvgIpc) is 3.09. The van der Waals surface area contributed by atoms with Gasteiger partial charge in [-0.25, -0.2) is 4.98 Å². The van der Waals surface area contributed by atoms with Crippen LogP contribution < -0.4 is 9.47 Å². The van der Waals surface area contributed by atoms with E-state index in [0.29, 0.717) is 23.8 Å². The van der Waals surface area contributed by atoms with Crippen molar-refractivity contribution in [2.45, 2.75) is 25.5 Å². The van der Waals surface area contributed by atoms with Gasteiger partial charge in [0.05, 0.1) is 31.0 Å². The van der Waals surface area contributed by atoms with Gasteiger partial charge in [0.25, 0.3) is 0 Å². The van der Waals surface area contributed by atoms with Gasteiger partial charge in [-0.2, -0.15) is 0 Å². The van der Waals surface area contributed by atoms with Crippen molar-refractivity contribution in [2.75, 3.05) is 27.0 Å². The summed E-state index contributed by atoms with van der Waals surface area (Å²) in [6.07, 6.45) is 0. The summed E-state index contributed by atoms with van der Waals surface area (Å²) >= 11 is 1.41. The molecule has 0 aliphatic rings. The smallest absolute Gasteiger partial charge is 0.233 e. The standard InChI is InChI=1S/C21H25N3O3S/c1-13-6-7-16-17(8-13)23-21(22-16)28-12-20(25)24(3)11-15-10-19(27-5)18(26-4)9-14(15)2/h6-10H,11-12H2,1-5H3,(H,22,23). The SMILES string of the molecule is COc1cc(C)c(CN(C)C(=O)CSc2nc3ccc(C)cc3[nH]2)cc1OC. The largest absolute Gasteiger partial charge is 0.493 e. The minimum atomic E-state index is 0.0378. The normalized spacial score (nSPS) is 10.9. The van der Waals surface area contributed by atoms with Crippen LogP contribution in [0.2, 0.25) is 0 Å². The first-order chi connectivity index (χ1) is 13.4. The molecule has 1 heterocycles. The van der Waals surface area contributed by atoms with E-state index in [2.05, 4.69) is 16.0 Å². The van der Waals surface area contributed by atoms with E-state index in [1.165, 1.54) is 17.3 Å². The van der Waals surface area contributed by atoms with E-state index >= 15 is 0 Å². The van der Waals surface area contributed by atoms with Gasteiger partial charge in [-0.3, -0.25) is 4.79 Å². The predicted molar refractivity (Wildman–Crippen MR) is 112 cm³/mol. The lowest BCUT2D eigenvalue weighted by atomic mass is 10.1. The van der Waals surface area contributed by atoms with Crippen molar-refractivity contribution in [1.82, 2.24) is 14.9 Å². The first-order valence-electron chi connectivity index (χ1n) is 8.96. The highest BCUT2D eigenvalue weighted by atomic mass is 32.2. The number of hydrogen-bond donors (Lipinski definition) is 1. The molecule has 0 saturated heterocycles. The zero-order chi connectivity index (χ0) is 20.3. The van der Waals surface area contributed by atoms with Crippen molar-refractivity contribution >= 4 is 28.7 Å². The molecule has 0 bridgehead atoms. The van der Waals surface area contributed by atoms with Gasteiger partial charge >= 0.3 is 0 Å². The number of rotatable bonds is 7. The Bertz CT molecular complexity index is 1000. The zero-order valence-corrected chi connectivity index (χ0v) is 17.6. The van der Waals surface area contributed by atoms with Crippen LogP contribution in [0.3, 0.4) is 0 Å². The van der Waals surface area contributed by atoms with Gasteiger partial charge in [0, 0.05) is 13.6 Å². The fourth-order valence-corrected chi connectivity index (χ4v) is 3.77. The van der Waals surface area contributed by atoms with E-state index in [4.69, 9.17) is 9.47 Å². The van der Waals surface area contributed by atoms with Crippen LogP contribution in [0.1, 0.15) is 16.7 Å². The summed E-state index contributed by atoms with van der Waals surface area (Å²) in [5.74, 6) is 1.71. The molecule has 0 spiro atoms. The highest BCUT2D eigenvalue weighted by Gasteiger charge is 2.15. The molecule has 1 N–H and O–H groups in total. The van der Waals surface area contributed by atoms with Gasteiger partial charge in [-0.1, -0.05) is 17.8 Å². The lowest BCUT2D eigenvalue weighted by Gasteiger charge is -2.19.